The van der Waals surface area contributed by atoms with E-state index in [0.29, 0.717) is 0 Å². The highest BCUT2D eigenvalue weighted by atomic mass is 15.2. The van der Waals surface area contributed by atoms with Gasteiger partial charge in [-0.25, -0.2) is 4.98 Å². The van der Waals surface area contributed by atoms with E-state index in [-0.39, 0.29) is 0 Å². The van der Waals surface area contributed by atoms with Crippen molar-refractivity contribution in [3.63, 3.8) is 0 Å². The molecule has 2 aromatic heterocycles. The molecule has 0 fully saturated rings. The third-order valence-electron chi connectivity index (χ3n) is 2.98. The Morgan fingerprint density at radius 3 is 2.53 bits per heavy atom. The number of hydrogen-bond acceptors (Lipinski definition) is 4. The molecule has 5 nitrogen and oxygen atoms in total. The molecule has 2 heterocycles. The molecule has 19 heavy (non-hydrogen) atoms. The summed E-state index contributed by atoms with van der Waals surface area (Å²) in [7, 11) is 5.65. The molecule has 0 aliphatic carbocycles. The van der Waals surface area contributed by atoms with Gasteiger partial charge in [0.15, 0.2) is 0 Å². The zero-order valence-electron chi connectivity index (χ0n) is 11.8. The Labute approximate surface area is 113 Å². The van der Waals surface area contributed by atoms with Gasteiger partial charge in [0, 0.05) is 44.7 Å². The molecule has 5 heteroatoms. The zero-order chi connectivity index (χ0) is 14.0. The van der Waals surface area contributed by atoms with Crippen LogP contribution in [-0.2, 0) is 7.05 Å². The molecule has 0 amide bonds. The molecule has 2 N–H and O–H groups in total. The van der Waals surface area contributed by atoms with Gasteiger partial charge in [-0.3, -0.25) is 4.68 Å². The van der Waals surface area contributed by atoms with Crippen LogP contribution < -0.4 is 10.6 Å². The van der Waals surface area contributed by atoms with Gasteiger partial charge in [0.25, 0.3) is 0 Å². The molecule has 0 aliphatic heterocycles. The topological polar surface area (TPSA) is 54.8 Å². The van der Waals surface area contributed by atoms with Crippen LogP contribution in [0.15, 0.2) is 25.0 Å². The summed E-state index contributed by atoms with van der Waals surface area (Å²) >= 11 is 0. The molecule has 0 aliphatic rings. The number of aryl methyl sites for hydroxylation is 1. The van der Waals surface area contributed by atoms with E-state index < -0.39 is 0 Å². The lowest BCUT2D eigenvalue weighted by molar-refractivity contribution is 0.771. The van der Waals surface area contributed by atoms with E-state index in [1.54, 1.807) is 4.68 Å². The van der Waals surface area contributed by atoms with Gasteiger partial charge >= 0.3 is 0 Å². The Hall–Kier alpha value is -2.30. The number of aromatic nitrogens is 3. The van der Waals surface area contributed by atoms with Crippen LogP contribution in [0.3, 0.4) is 0 Å². The standard InChI is InChI=1S/C14H19N5/c1-9(2)12-13(15-3)10(8-17-14(12)16-4)11-6-7-19(5)18-11/h6-8H,1H2,2-5H3,(H2,15,16,17). The van der Waals surface area contributed by atoms with Gasteiger partial charge in [0.05, 0.1) is 11.4 Å². The number of nitrogens with zero attached hydrogens (tertiary/aromatic N) is 3. The second-order valence-corrected chi connectivity index (χ2v) is 4.43. The summed E-state index contributed by atoms with van der Waals surface area (Å²) in [4.78, 5) is 4.45. The van der Waals surface area contributed by atoms with Crippen molar-refractivity contribution in [2.75, 3.05) is 24.7 Å². The van der Waals surface area contributed by atoms with E-state index in [9.17, 15) is 0 Å². The van der Waals surface area contributed by atoms with E-state index in [2.05, 4.69) is 27.3 Å². The summed E-state index contributed by atoms with van der Waals surface area (Å²) in [5, 5.41) is 10.8. The summed E-state index contributed by atoms with van der Waals surface area (Å²) in [6, 6.07) is 1.97. The molecule has 0 saturated heterocycles. The zero-order valence-corrected chi connectivity index (χ0v) is 11.8. The maximum Gasteiger partial charge on any atom is 0.135 e. The lowest BCUT2D eigenvalue weighted by Gasteiger charge is -2.16. The molecule has 0 radical (unpaired) electrons. The van der Waals surface area contributed by atoms with E-state index in [1.165, 1.54) is 0 Å². The summed E-state index contributed by atoms with van der Waals surface area (Å²) in [5.41, 5.74) is 4.81. The fraction of sp³-hybridized carbons (Fsp3) is 0.286. The number of nitrogens with one attached hydrogen (secondary N) is 2. The lowest BCUT2D eigenvalue weighted by atomic mass is 10.0. The second-order valence-electron chi connectivity index (χ2n) is 4.43. The van der Waals surface area contributed by atoms with Gasteiger partial charge in [-0.15, -0.1) is 0 Å². The monoisotopic (exact) mass is 257 g/mol. The molecule has 0 unspecified atom stereocenters. The molecule has 0 aromatic carbocycles. The van der Waals surface area contributed by atoms with E-state index >= 15 is 0 Å². The minimum atomic E-state index is 0.816. The van der Waals surface area contributed by atoms with Gasteiger partial charge in [-0.1, -0.05) is 6.58 Å². The average Bonchev–Trinajstić information content (AvgIpc) is 2.83. The van der Waals surface area contributed by atoms with Gasteiger partial charge < -0.3 is 10.6 Å². The molecule has 0 spiro atoms. The fourth-order valence-corrected chi connectivity index (χ4v) is 2.13. The molecular weight excluding hydrogens is 238 g/mol. The Balaban J connectivity index is 2.69. The van der Waals surface area contributed by atoms with Crippen LogP contribution in [0.1, 0.15) is 12.5 Å². The van der Waals surface area contributed by atoms with Crippen LogP contribution in [0.4, 0.5) is 11.5 Å². The van der Waals surface area contributed by atoms with Crippen LogP contribution in [0.25, 0.3) is 16.8 Å². The highest BCUT2D eigenvalue weighted by Crippen LogP contribution is 2.36. The fourth-order valence-electron chi connectivity index (χ4n) is 2.13. The highest BCUT2D eigenvalue weighted by Gasteiger charge is 2.16. The largest absolute Gasteiger partial charge is 0.387 e. The molecule has 0 saturated carbocycles. The van der Waals surface area contributed by atoms with Crippen LogP contribution in [-0.4, -0.2) is 28.9 Å². The molecule has 2 aromatic rings. The predicted octanol–water partition coefficient (Wildman–Crippen LogP) is 2.60. The number of allylic oxidation sites excluding steroid dienone is 1. The third-order valence-corrected chi connectivity index (χ3v) is 2.98. The quantitative estimate of drug-likeness (QED) is 0.884. The van der Waals surface area contributed by atoms with Crippen LogP contribution in [0, 0.1) is 0 Å². The van der Waals surface area contributed by atoms with Gasteiger partial charge in [0.1, 0.15) is 5.82 Å². The maximum atomic E-state index is 4.45. The van der Waals surface area contributed by atoms with Crippen LogP contribution in [0.5, 0.6) is 0 Å². The Kier molecular flexibility index (Phi) is 3.55. The third kappa shape index (κ3) is 2.31. The highest BCUT2D eigenvalue weighted by molar-refractivity contribution is 5.90. The number of rotatable bonds is 4. The SMILES string of the molecule is C=C(C)c1c(NC)ncc(-c2ccn(C)n2)c1NC. The van der Waals surface area contributed by atoms with Crippen molar-refractivity contribution in [1.82, 2.24) is 14.8 Å². The maximum absolute atomic E-state index is 4.45. The number of pyridine rings is 1. The summed E-state index contributed by atoms with van der Waals surface area (Å²) in [6.45, 7) is 6.01. The van der Waals surface area contributed by atoms with Crippen LogP contribution >= 0.6 is 0 Å². The van der Waals surface area contributed by atoms with Crippen molar-refractivity contribution in [2.45, 2.75) is 6.92 Å². The predicted molar refractivity (Wildman–Crippen MR) is 80.2 cm³/mol. The Bertz CT molecular complexity index is 612. The van der Waals surface area contributed by atoms with Crippen molar-refractivity contribution in [3.8, 4) is 11.3 Å². The normalized spacial score (nSPS) is 10.3. The molecule has 100 valence electrons. The van der Waals surface area contributed by atoms with Gasteiger partial charge in [0.2, 0.25) is 0 Å². The first-order valence-corrected chi connectivity index (χ1v) is 6.13. The first-order valence-electron chi connectivity index (χ1n) is 6.13. The van der Waals surface area contributed by atoms with Crippen LogP contribution in [0.2, 0.25) is 0 Å². The van der Waals surface area contributed by atoms with Crippen molar-refractivity contribution < 1.29 is 0 Å². The van der Waals surface area contributed by atoms with E-state index in [4.69, 9.17) is 0 Å². The lowest BCUT2D eigenvalue weighted by Crippen LogP contribution is -2.04. The van der Waals surface area contributed by atoms with Crippen molar-refractivity contribution in [1.29, 1.82) is 0 Å². The Morgan fingerprint density at radius 2 is 2.05 bits per heavy atom. The number of anilines is 2. The summed E-state index contributed by atoms with van der Waals surface area (Å²) in [6.07, 6.45) is 3.74. The van der Waals surface area contributed by atoms with Crippen molar-refractivity contribution >= 4 is 17.1 Å². The van der Waals surface area contributed by atoms with Gasteiger partial charge in [-0.05, 0) is 18.6 Å². The molecule has 0 atom stereocenters. The first kappa shape index (κ1) is 13.1. The number of hydrogen-bond donors (Lipinski definition) is 2. The minimum absolute atomic E-state index is 0.816. The first-order chi connectivity index (χ1) is 9.08. The van der Waals surface area contributed by atoms with Crippen molar-refractivity contribution in [3.05, 3.63) is 30.6 Å². The summed E-state index contributed by atoms with van der Waals surface area (Å²) in [5.74, 6) is 0.816. The second kappa shape index (κ2) is 5.14. The summed E-state index contributed by atoms with van der Waals surface area (Å²) < 4.78 is 1.78. The smallest absolute Gasteiger partial charge is 0.135 e. The molecule has 2 rings (SSSR count). The average molecular weight is 257 g/mol. The van der Waals surface area contributed by atoms with Gasteiger partial charge in [-0.2, -0.15) is 5.10 Å². The van der Waals surface area contributed by atoms with Crippen molar-refractivity contribution in [2.24, 2.45) is 7.05 Å². The Morgan fingerprint density at radius 1 is 1.32 bits per heavy atom. The molecular formula is C14H19N5. The van der Waals surface area contributed by atoms with E-state index in [0.717, 1.165) is 33.9 Å². The minimum Gasteiger partial charge on any atom is -0.387 e. The molecule has 0 bridgehead atoms. The van der Waals surface area contributed by atoms with E-state index in [1.807, 2.05) is 46.5 Å².